The van der Waals surface area contributed by atoms with E-state index in [1.165, 1.54) is 12.3 Å². The molecule has 1 aromatic rings. The predicted octanol–water partition coefficient (Wildman–Crippen LogP) is 1.03. The maximum absolute atomic E-state index is 12.5. The molecule has 0 aliphatic heterocycles. The topological polar surface area (TPSA) is 38.9 Å². The maximum atomic E-state index is 12.5. The Kier molecular flexibility index (Phi) is 2.54. The van der Waals surface area contributed by atoms with Crippen molar-refractivity contribution in [2.75, 3.05) is 6.54 Å². The molecule has 2 nitrogen and oxygen atoms in total. The van der Waals surface area contributed by atoms with E-state index < -0.39 is 0 Å². The fourth-order valence-corrected chi connectivity index (χ4v) is 0.967. The second-order valence-corrected chi connectivity index (χ2v) is 2.46. The summed E-state index contributed by atoms with van der Waals surface area (Å²) in [5.41, 5.74) is 7.09. The van der Waals surface area contributed by atoms with E-state index in [1.54, 1.807) is 0 Å². The number of pyridine rings is 1. The third-order valence-electron chi connectivity index (χ3n) is 1.53. The van der Waals surface area contributed by atoms with Crippen LogP contribution in [-0.4, -0.2) is 11.5 Å². The molecule has 11 heavy (non-hydrogen) atoms. The lowest BCUT2D eigenvalue weighted by Crippen LogP contribution is -2.06. The van der Waals surface area contributed by atoms with Gasteiger partial charge in [0.2, 0.25) is 0 Å². The molecule has 0 radical (unpaired) electrons. The molecule has 0 aliphatic rings. The van der Waals surface area contributed by atoms with Crippen LogP contribution in [0.15, 0.2) is 12.3 Å². The number of nitrogens with two attached hydrogens (primary N) is 1. The van der Waals surface area contributed by atoms with Crippen LogP contribution in [-0.2, 0) is 6.42 Å². The molecular weight excluding hydrogens is 143 g/mol. The minimum atomic E-state index is -0.289. The molecular formula is C8H11FN2. The first-order valence-electron chi connectivity index (χ1n) is 3.55. The van der Waals surface area contributed by atoms with Crippen LogP contribution in [0.3, 0.4) is 0 Å². The highest BCUT2D eigenvalue weighted by atomic mass is 19.1. The minimum Gasteiger partial charge on any atom is -0.330 e. The van der Waals surface area contributed by atoms with E-state index >= 15 is 0 Å². The first kappa shape index (κ1) is 8.14. The molecule has 0 aliphatic carbocycles. The van der Waals surface area contributed by atoms with Crippen LogP contribution in [0.1, 0.15) is 11.3 Å². The number of rotatable bonds is 2. The Balaban J connectivity index is 2.90. The van der Waals surface area contributed by atoms with E-state index in [0.717, 1.165) is 11.3 Å². The normalized spacial score (nSPS) is 10.1. The monoisotopic (exact) mass is 154 g/mol. The zero-order valence-electron chi connectivity index (χ0n) is 6.47. The van der Waals surface area contributed by atoms with Crippen molar-refractivity contribution in [2.45, 2.75) is 13.3 Å². The second-order valence-electron chi connectivity index (χ2n) is 2.46. The van der Waals surface area contributed by atoms with Gasteiger partial charge in [0.1, 0.15) is 5.82 Å². The van der Waals surface area contributed by atoms with Crippen LogP contribution in [0.5, 0.6) is 0 Å². The zero-order chi connectivity index (χ0) is 8.27. The van der Waals surface area contributed by atoms with Gasteiger partial charge in [-0.1, -0.05) is 0 Å². The predicted molar refractivity (Wildman–Crippen MR) is 41.7 cm³/mol. The van der Waals surface area contributed by atoms with Gasteiger partial charge in [0, 0.05) is 12.1 Å². The number of hydrogen-bond acceptors (Lipinski definition) is 2. The van der Waals surface area contributed by atoms with Crippen LogP contribution in [0.2, 0.25) is 0 Å². The van der Waals surface area contributed by atoms with E-state index in [-0.39, 0.29) is 5.82 Å². The standard InChI is InChI=1S/C8H11FN2/c1-6-4-7(9)5-11-8(6)2-3-10/h4-5H,2-3,10H2,1H3. The molecule has 0 bridgehead atoms. The quantitative estimate of drug-likeness (QED) is 0.691. The van der Waals surface area contributed by atoms with E-state index in [0.29, 0.717) is 13.0 Å². The molecule has 1 aromatic heterocycles. The van der Waals surface area contributed by atoms with Gasteiger partial charge in [-0.25, -0.2) is 4.39 Å². The first-order valence-corrected chi connectivity index (χ1v) is 3.55. The molecule has 0 aromatic carbocycles. The van der Waals surface area contributed by atoms with Gasteiger partial charge in [0.15, 0.2) is 0 Å². The van der Waals surface area contributed by atoms with E-state index in [9.17, 15) is 4.39 Å². The lowest BCUT2D eigenvalue weighted by Gasteiger charge is -2.01. The molecule has 0 spiro atoms. The summed E-state index contributed by atoms with van der Waals surface area (Å²) in [6.45, 7) is 2.39. The van der Waals surface area contributed by atoms with Crippen LogP contribution < -0.4 is 5.73 Å². The summed E-state index contributed by atoms with van der Waals surface area (Å²) >= 11 is 0. The Morgan fingerprint density at radius 3 is 2.91 bits per heavy atom. The second kappa shape index (κ2) is 3.44. The highest BCUT2D eigenvalue weighted by Gasteiger charge is 1.99. The van der Waals surface area contributed by atoms with Crippen LogP contribution in [0.25, 0.3) is 0 Å². The number of nitrogens with zero attached hydrogens (tertiary/aromatic N) is 1. The summed E-state index contributed by atoms with van der Waals surface area (Å²) in [6.07, 6.45) is 1.93. The number of halogens is 1. The third-order valence-corrected chi connectivity index (χ3v) is 1.53. The molecule has 0 saturated heterocycles. The summed E-state index contributed by atoms with van der Waals surface area (Å²) in [5.74, 6) is -0.289. The Morgan fingerprint density at radius 2 is 2.36 bits per heavy atom. The molecule has 3 heteroatoms. The first-order chi connectivity index (χ1) is 5.24. The van der Waals surface area contributed by atoms with Crippen molar-refractivity contribution in [3.05, 3.63) is 29.3 Å². The average Bonchev–Trinajstić information content (AvgIpc) is 1.95. The SMILES string of the molecule is Cc1cc(F)cnc1CCN. The Morgan fingerprint density at radius 1 is 1.64 bits per heavy atom. The third kappa shape index (κ3) is 1.98. The van der Waals surface area contributed by atoms with Crippen molar-refractivity contribution in [3.63, 3.8) is 0 Å². The lowest BCUT2D eigenvalue weighted by atomic mass is 10.2. The molecule has 60 valence electrons. The summed E-state index contributed by atoms with van der Waals surface area (Å²) in [5, 5.41) is 0. The molecule has 0 unspecified atom stereocenters. The minimum absolute atomic E-state index is 0.289. The zero-order valence-corrected chi connectivity index (χ0v) is 6.47. The molecule has 2 N–H and O–H groups in total. The summed E-state index contributed by atoms with van der Waals surface area (Å²) in [4.78, 5) is 3.91. The van der Waals surface area contributed by atoms with Crippen molar-refractivity contribution in [1.82, 2.24) is 4.98 Å². The molecule has 0 amide bonds. The van der Waals surface area contributed by atoms with Gasteiger partial charge in [-0.15, -0.1) is 0 Å². The van der Waals surface area contributed by atoms with Gasteiger partial charge in [-0.3, -0.25) is 4.98 Å². The van der Waals surface area contributed by atoms with E-state index in [4.69, 9.17) is 5.73 Å². The molecule has 1 heterocycles. The molecule has 0 fully saturated rings. The fourth-order valence-electron chi connectivity index (χ4n) is 0.967. The van der Waals surface area contributed by atoms with Gasteiger partial charge < -0.3 is 5.73 Å². The van der Waals surface area contributed by atoms with Gasteiger partial charge in [0.05, 0.1) is 6.20 Å². The van der Waals surface area contributed by atoms with Crippen LogP contribution >= 0.6 is 0 Å². The maximum Gasteiger partial charge on any atom is 0.141 e. The van der Waals surface area contributed by atoms with Gasteiger partial charge in [-0.05, 0) is 25.1 Å². The highest BCUT2D eigenvalue weighted by molar-refractivity contribution is 5.18. The summed E-state index contributed by atoms with van der Waals surface area (Å²) in [7, 11) is 0. The fraction of sp³-hybridized carbons (Fsp3) is 0.375. The largest absolute Gasteiger partial charge is 0.330 e. The van der Waals surface area contributed by atoms with Crippen molar-refractivity contribution < 1.29 is 4.39 Å². The molecule has 1 rings (SSSR count). The number of aromatic nitrogens is 1. The summed E-state index contributed by atoms with van der Waals surface area (Å²) < 4.78 is 12.5. The number of aryl methyl sites for hydroxylation is 1. The smallest absolute Gasteiger partial charge is 0.141 e. The summed E-state index contributed by atoms with van der Waals surface area (Å²) in [6, 6.07) is 1.47. The van der Waals surface area contributed by atoms with Gasteiger partial charge in [-0.2, -0.15) is 0 Å². The van der Waals surface area contributed by atoms with Crippen LogP contribution in [0.4, 0.5) is 4.39 Å². The van der Waals surface area contributed by atoms with Crippen molar-refractivity contribution >= 4 is 0 Å². The van der Waals surface area contributed by atoms with Crippen molar-refractivity contribution in [1.29, 1.82) is 0 Å². The molecule has 0 atom stereocenters. The Bertz CT molecular complexity index is 248. The van der Waals surface area contributed by atoms with Gasteiger partial charge >= 0.3 is 0 Å². The number of hydrogen-bond donors (Lipinski definition) is 1. The average molecular weight is 154 g/mol. The molecule has 0 saturated carbocycles. The van der Waals surface area contributed by atoms with E-state index in [2.05, 4.69) is 4.98 Å². The van der Waals surface area contributed by atoms with Crippen LogP contribution in [0, 0.1) is 12.7 Å². The van der Waals surface area contributed by atoms with Gasteiger partial charge in [0.25, 0.3) is 0 Å². The highest BCUT2D eigenvalue weighted by Crippen LogP contribution is 2.05. The lowest BCUT2D eigenvalue weighted by molar-refractivity contribution is 0.617. The van der Waals surface area contributed by atoms with E-state index in [1.807, 2.05) is 6.92 Å². The van der Waals surface area contributed by atoms with Crippen molar-refractivity contribution in [2.24, 2.45) is 5.73 Å². The Labute approximate surface area is 65.3 Å². The van der Waals surface area contributed by atoms with Crippen molar-refractivity contribution in [3.8, 4) is 0 Å². The Hall–Kier alpha value is -0.960.